The fraction of sp³-hybridized carbons (Fsp3) is 0.588. The molecule has 2 aliphatic rings. The molecule has 2 amide bonds. The number of hydrogen-bond acceptors (Lipinski definition) is 5. The van der Waals surface area contributed by atoms with Crippen LogP contribution >= 0.6 is 0 Å². The first-order valence-electron chi connectivity index (χ1n) is 8.41. The minimum atomic E-state index is -0.188. The average molecular weight is 336 g/mol. The quantitative estimate of drug-likeness (QED) is 0.708. The molecule has 7 nitrogen and oxygen atoms in total. The summed E-state index contributed by atoms with van der Waals surface area (Å²) < 4.78 is 21.6. The first-order valence-corrected chi connectivity index (χ1v) is 8.41. The van der Waals surface area contributed by atoms with E-state index >= 15 is 0 Å². The van der Waals surface area contributed by atoms with Crippen LogP contribution in [-0.2, 0) is 16.0 Å². The fourth-order valence-corrected chi connectivity index (χ4v) is 2.66. The van der Waals surface area contributed by atoms with E-state index in [2.05, 4.69) is 10.6 Å². The second kappa shape index (κ2) is 8.75. The van der Waals surface area contributed by atoms with Crippen molar-refractivity contribution in [2.75, 3.05) is 33.2 Å². The molecule has 24 heavy (non-hydrogen) atoms. The minimum absolute atomic E-state index is 0.188. The standard InChI is InChI=1S/C17H24N2O5/c20-17(18-6-2-7-21-11-14-3-1-8-22-14)19-10-13-4-5-15-16(9-13)24-12-23-15/h4-5,9,14H,1-3,6-8,10-12H2,(H2,18,19,20)/t14-/m0/s1. The molecule has 0 aliphatic carbocycles. The zero-order chi connectivity index (χ0) is 16.6. The lowest BCUT2D eigenvalue weighted by molar-refractivity contribution is 0.0168. The Labute approximate surface area is 141 Å². The minimum Gasteiger partial charge on any atom is -0.454 e. The molecule has 0 radical (unpaired) electrons. The zero-order valence-corrected chi connectivity index (χ0v) is 13.7. The number of carbonyl (C=O) groups excluding carboxylic acids is 1. The molecule has 2 aliphatic heterocycles. The van der Waals surface area contributed by atoms with E-state index in [0.717, 1.165) is 42.9 Å². The van der Waals surface area contributed by atoms with Crippen molar-refractivity contribution < 1.29 is 23.7 Å². The maximum absolute atomic E-state index is 11.8. The summed E-state index contributed by atoms with van der Waals surface area (Å²) in [4.78, 5) is 11.8. The number of fused-ring (bicyclic) bond motifs is 1. The highest BCUT2D eigenvalue weighted by Crippen LogP contribution is 2.32. The molecule has 1 aromatic carbocycles. The first kappa shape index (κ1) is 16.9. The lowest BCUT2D eigenvalue weighted by atomic mass is 10.2. The van der Waals surface area contributed by atoms with Gasteiger partial charge in [-0.15, -0.1) is 0 Å². The Hall–Kier alpha value is -1.99. The topological polar surface area (TPSA) is 78.1 Å². The molecule has 7 heteroatoms. The summed E-state index contributed by atoms with van der Waals surface area (Å²) in [7, 11) is 0. The van der Waals surface area contributed by atoms with Gasteiger partial charge in [-0.3, -0.25) is 0 Å². The lowest BCUT2D eigenvalue weighted by Crippen LogP contribution is -2.35. The molecular formula is C17H24N2O5. The van der Waals surface area contributed by atoms with Gasteiger partial charge in [0.1, 0.15) is 0 Å². The highest BCUT2D eigenvalue weighted by Gasteiger charge is 2.15. The van der Waals surface area contributed by atoms with Crippen LogP contribution in [0.4, 0.5) is 4.79 Å². The summed E-state index contributed by atoms with van der Waals surface area (Å²) in [6.45, 7) is 3.40. The molecule has 0 saturated carbocycles. The molecule has 1 saturated heterocycles. The number of hydrogen-bond donors (Lipinski definition) is 2. The van der Waals surface area contributed by atoms with E-state index in [4.69, 9.17) is 18.9 Å². The summed E-state index contributed by atoms with van der Waals surface area (Å²) in [5, 5.41) is 5.63. The van der Waals surface area contributed by atoms with Crippen LogP contribution in [0.3, 0.4) is 0 Å². The van der Waals surface area contributed by atoms with Crippen molar-refractivity contribution in [1.29, 1.82) is 0 Å². The first-order chi connectivity index (χ1) is 11.8. The summed E-state index contributed by atoms with van der Waals surface area (Å²) in [6, 6.07) is 5.45. The van der Waals surface area contributed by atoms with Gasteiger partial charge in [0.25, 0.3) is 0 Å². The highest BCUT2D eigenvalue weighted by atomic mass is 16.7. The van der Waals surface area contributed by atoms with E-state index in [-0.39, 0.29) is 18.9 Å². The molecular weight excluding hydrogens is 312 g/mol. The summed E-state index contributed by atoms with van der Waals surface area (Å²) >= 11 is 0. The Morgan fingerprint density at radius 2 is 2.17 bits per heavy atom. The molecule has 0 spiro atoms. The third-order valence-electron chi connectivity index (χ3n) is 3.97. The van der Waals surface area contributed by atoms with Gasteiger partial charge >= 0.3 is 6.03 Å². The van der Waals surface area contributed by atoms with Crippen LogP contribution in [0.1, 0.15) is 24.8 Å². The lowest BCUT2D eigenvalue weighted by Gasteiger charge is -2.11. The number of rotatable bonds is 8. The Kier molecular flexibility index (Phi) is 6.14. The maximum Gasteiger partial charge on any atom is 0.315 e. The zero-order valence-electron chi connectivity index (χ0n) is 13.7. The molecule has 1 atom stereocenters. The fourth-order valence-electron chi connectivity index (χ4n) is 2.66. The monoisotopic (exact) mass is 336 g/mol. The average Bonchev–Trinajstić information content (AvgIpc) is 3.26. The summed E-state index contributed by atoms with van der Waals surface area (Å²) in [5.74, 6) is 1.46. The molecule has 1 fully saturated rings. The summed E-state index contributed by atoms with van der Waals surface area (Å²) in [6.07, 6.45) is 3.24. The normalized spacial score (nSPS) is 18.6. The SMILES string of the molecule is O=C(NCCCOC[C@@H]1CCCO1)NCc1ccc2c(c1)OCO2. The van der Waals surface area contributed by atoms with E-state index in [1.165, 1.54) is 0 Å². The third kappa shape index (κ3) is 5.01. The van der Waals surface area contributed by atoms with Gasteiger partial charge in [-0.1, -0.05) is 6.07 Å². The van der Waals surface area contributed by atoms with Gasteiger partial charge in [0, 0.05) is 26.3 Å². The van der Waals surface area contributed by atoms with Gasteiger partial charge in [0.2, 0.25) is 6.79 Å². The number of nitrogens with one attached hydrogen (secondary N) is 2. The van der Waals surface area contributed by atoms with Crippen molar-refractivity contribution in [3.63, 3.8) is 0 Å². The summed E-state index contributed by atoms with van der Waals surface area (Å²) in [5.41, 5.74) is 0.967. The Balaban J connectivity index is 1.23. The van der Waals surface area contributed by atoms with E-state index in [9.17, 15) is 4.79 Å². The van der Waals surface area contributed by atoms with Crippen molar-refractivity contribution in [3.05, 3.63) is 23.8 Å². The van der Waals surface area contributed by atoms with Crippen LogP contribution < -0.4 is 20.1 Å². The van der Waals surface area contributed by atoms with Crippen LogP contribution in [0.25, 0.3) is 0 Å². The van der Waals surface area contributed by atoms with Crippen molar-refractivity contribution in [3.8, 4) is 11.5 Å². The van der Waals surface area contributed by atoms with Gasteiger partial charge in [-0.25, -0.2) is 4.79 Å². The van der Waals surface area contributed by atoms with Crippen LogP contribution in [0, 0.1) is 0 Å². The molecule has 1 aromatic rings. The maximum atomic E-state index is 11.8. The molecule has 0 bridgehead atoms. The van der Waals surface area contributed by atoms with E-state index in [0.29, 0.717) is 26.3 Å². The van der Waals surface area contributed by atoms with E-state index < -0.39 is 0 Å². The highest BCUT2D eigenvalue weighted by molar-refractivity contribution is 5.73. The Bertz CT molecular complexity index is 546. The second-order valence-electron chi connectivity index (χ2n) is 5.86. The Morgan fingerprint density at radius 3 is 3.04 bits per heavy atom. The number of ether oxygens (including phenoxy) is 4. The molecule has 2 heterocycles. The number of benzene rings is 1. The van der Waals surface area contributed by atoms with Crippen LogP contribution in [0.15, 0.2) is 18.2 Å². The van der Waals surface area contributed by atoms with Gasteiger partial charge < -0.3 is 29.6 Å². The molecule has 0 unspecified atom stereocenters. The van der Waals surface area contributed by atoms with Gasteiger partial charge in [-0.05, 0) is 37.0 Å². The van der Waals surface area contributed by atoms with Crippen molar-refractivity contribution >= 4 is 6.03 Å². The van der Waals surface area contributed by atoms with Gasteiger partial charge in [0.05, 0.1) is 12.7 Å². The number of carbonyl (C=O) groups is 1. The molecule has 0 aromatic heterocycles. The van der Waals surface area contributed by atoms with Crippen LogP contribution in [0.2, 0.25) is 0 Å². The number of urea groups is 1. The molecule has 3 rings (SSSR count). The third-order valence-corrected chi connectivity index (χ3v) is 3.97. The van der Waals surface area contributed by atoms with Crippen LogP contribution in [-0.4, -0.2) is 45.3 Å². The van der Waals surface area contributed by atoms with Crippen molar-refractivity contribution in [2.24, 2.45) is 0 Å². The van der Waals surface area contributed by atoms with Gasteiger partial charge in [0.15, 0.2) is 11.5 Å². The van der Waals surface area contributed by atoms with Crippen LogP contribution in [0.5, 0.6) is 11.5 Å². The molecule has 2 N–H and O–H groups in total. The van der Waals surface area contributed by atoms with Gasteiger partial charge in [-0.2, -0.15) is 0 Å². The predicted octanol–water partition coefficient (Wildman–Crippen LogP) is 1.80. The Morgan fingerprint density at radius 1 is 1.25 bits per heavy atom. The smallest absolute Gasteiger partial charge is 0.315 e. The largest absolute Gasteiger partial charge is 0.454 e. The number of amides is 2. The second-order valence-corrected chi connectivity index (χ2v) is 5.86. The molecule has 132 valence electrons. The van der Waals surface area contributed by atoms with E-state index in [1.807, 2.05) is 18.2 Å². The predicted molar refractivity (Wildman–Crippen MR) is 87.2 cm³/mol. The van der Waals surface area contributed by atoms with Crippen molar-refractivity contribution in [1.82, 2.24) is 10.6 Å². The van der Waals surface area contributed by atoms with Crippen molar-refractivity contribution in [2.45, 2.75) is 31.9 Å². The van der Waals surface area contributed by atoms with E-state index in [1.54, 1.807) is 0 Å².